The van der Waals surface area contributed by atoms with Crippen LogP contribution in [0.15, 0.2) is 60.0 Å². The molecule has 3 aliphatic heterocycles. The largest absolute Gasteiger partial charge is 0.480 e. The average molecular weight is 1260 g/mol. The molecule has 0 aliphatic carbocycles. The number of allylic oxidation sites excluding steroid dienone is 1. The maximum absolute atomic E-state index is 14.6. The Morgan fingerprint density at radius 3 is 2.03 bits per heavy atom. The van der Waals surface area contributed by atoms with Gasteiger partial charge in [-0.1, -0.05) is 76.1 Å². The summed E-state index contributed by atoms with van der Waals surface area (Å²) in [7, 11) is 0. The van der Waals surface area contributed by atoms with Crippen LogP contribution in [-0.2, 0) is 72.1 Å². The van der Waals surface area contributed by atoms with E-state index in [4.69, 9.17) is 22.9 Å². The lowest BCUT2D eigenvalue weighted by Gasteiger charge is -2.31. The summed E-state index contributed by atoms with van der Waals surface area (Å²) >= 11 is 0. The van der Waals surface area contributed by atoms with E-state index in [1.54, 1.807) is 60.9 Å². The molecule has 2 aromatic rings. The van der Waals surface area contributed by atoms with Gasteiger partial charge in [-0.25, -0.2) is 9.78 Å². The van der Waals surface area contributed by atoms with Crippen molar-refractivity contribution in [1.82, 2.24) is 61.9 Å². The van der Waals surface area contributed by atoms with Gasteiger partial charge in [0.1, 0.15) is 54.4 Å². The van der Waals surface area contributed by atoms with E-state index in [1.807, 2.05) is 6.92 Å². The minimum absolute atomic E-state index is 0.0250. The van der Waals surface area contributed by atoms with Gasteiger partial charge in [-0.05, 0) is 95.1 Å². The summed E-state index contributed by atoms with van der Waals surface area (Å²) in [6.45, 7) is 4.79. The molecule has 0 saturated carbocycles. The first-order chi connectivity index (χ1) is 43.0. The Labute approximate surface area is 524 Å². The fourth-order valence-electron chi connectivity index (χ4n) is 10.9. The minimum atomic E-state index is -1.68. The van der Waals surface area contributed by atoms with Crippen LogP contribution in [0.2, 0.25) is 0 Å². The highest BCUT2D eigenvalue weighted by Gasteiger charge is 2.42. The molecule has 10 atom stereocenters. The zero-order valence-corrected chi connectivity index (χ0v) is 51.7. The zero-order valence-electron chi connectivity index (χ0n) is 51.7. The van der Waals surface area contributed by atoms with Gasteiger partial charge in [-0.3, -0.25) is 52.9 Å². The van der Waals surface area contributed by atoms with Gasteiger partial charge < -0.3 is 90.0 Å². The fraction of sp³-hybridized carbons (Fsp3) is 0.617. The van der Waals surface area contributed by atoms with Crippen LogP contribution in [-0.4, -0.2) is 200 Å². The molecule has 1 aromatic carbocycles. The summed E-state index contributed by atoms with van der Waals surface area (Å²) in [5, 5.41) is 41.8. The van der Waals surface area contributed by atoms with Crippen LogP contribution in [0.4, 0.5) is 0 Å². The van der Waals surface area contributed by atoms with Crippen molar-refractivity contribution >= 4 is 71.0 Å². The number of carboxylic acid groups (broad SMARTS) is 1. The second-order valence-corrected chi connectivity index (χ2v) is 23.4. The maximum atomic E-state index is 14.6. The van der Waals surface area contributed by atoms with Crippen molar-refractivity contribution in [3.63, 3.8) is 0 Å². The number of carboxylic acids is 1. The van der Waals surface area contributed by atoms with Gasteiger partial charge in [0.05, 0.1) is 25.5 Å². The molecule has 30 heteroatoms. The number of aliphatic hydroxyl groups excluding tert-OH is 1. The Balaban J connectivity index is 1.31. The molecule has 0 spiro atoms. The molecule has 0 radical (unpaired) electrons. The number of rotatable bonds is 27. The third kappa shape index (κ3) is 22.5. The monoisotopic (exact) mass is 1260 g/mol. The highest BCUT2D eigenvalue weighted by molar-refractivity contribution is 5.99. The molecule has 5 rings (SSSR count). The molecule has 2 fully saturated rings. The van der Waals surface area contributed by atoms with Crippen molar-refractivity contribution in [2.45, 2.75) is 190 Å². The van der Waals surface area contributed by atoms with E-state index in [0.29, 0.717) is 49.8 Å². The number of nitrogens with two attached hydrogens (primary N) is 4. The van der Waals surface area contributed by atoms with E-state index >= 15 is 0 Å². The first kappa shape index (κ1) is 72.2. The Morgan fingerprint density at radius 2 is 1.38 bits per heavy atom. The van der Waals surface area contributed by atoms with Crippen LogP contribution in [0.1, 0.15) is 122 Å². The van der Waals surface area contributed by atoms with E-state index in [0.717, 1.165) is 0 Å². The normalized spacial score (nSPS) is 22.5. The highest BCUT2D eigenvalue weighted by atomic mass is 16.4. The molecular weight excluding hydrogens is 1170 g/mol. The molecule has 30 nitrogen and oxygen atoms in total. The minimum Gasteiger partial charge on any atom is -0.480 e. The Kier molecular flexibility index (Phi) is 29.6. The number of nitrogens with one attached hydrogen (secondary N) is 8. The van der Waals surface area contributed by atoms with E-state index in [2.05, 4.69) is 52.5 Å². The molecule has 90 heavy (non-hydrogen) atoms. The van der Waals surface area contributed by atoms with Crippen LogP contribution in [0.25, 0.3) is 0 Å². The summed E-state index contributed by atoms with van der Waals surface area (Å²) in [6.07, 6.45) is 10.1. The number of hydrogen-bond donors (Lipinski definition) is 14. The number of aliphatic hydroxyl groups is 1. The van der Waals surface area contributed by atoms with Crippen molar-refractivity contribution in [1.29, 1.82) is 0 Å². The van der Waals surface area contributed by atoms with E-state index in [1.165, 1.54) is 22.3 Å². The number of hydrogen-bond acceptors (Lipinski definition) is 16. The number of nitrogens with zero attached hydrogens (tertiary/aromatic N) is 5. The average Bonchev–Trinajstić information content (AvgIpc) is 1.99. The number of guanidine groups is 1. The van der Waals surface area contributed by atoms with Crippen LogP contribution >= 0.6 is 0 Å². The standard InChI is InChI=1S/C60H93N17O13/c1-4-5-19-42(58(88)77-28-15-23-48(77)57(87)73-45(59(89)90)30-37-16-7-6-8-17-37)70-56(86)47-22-14-27-76(47)49(79)33-67-51(81)40(20-9-11-24-61)69-54(84)44-31-38-32-65-35-75(38)26-12-10-18-39(62)50(80)68-41(21-13-25-66-60(63)64)52(82)71-43(29-36(2)3)53(83)74-46(34-78)55(85)72-44/h6-8,10,12,16-17,32,35-36,39-48,78H,4-5,9,11,13-15,18-31,33-34,61-62H2,1-3H3,(H,67,81)(H,68,80)(H,69,84)(H,70,86)(H,71,82)(H,72,85)(H,73,87)(H,74,83)(H,89,90)(H4,63,64,66)/b12-10+/t39-,40-,41-,42-,43-,44-,45-,46-,47-,48-/m0/s1. The molecule has 18 N–H and O–H groups in total. The summed E-state index contributed by atoms with van der Waals surface area (Å²) in [6, 6.07) is -3.61. The lowest BCUT2D eigenvalue weighted by atomic mass is 10.0. The molecule has 496 valence electrons. The van der Waals surface area contributed by atoms with Crippen molar-refractivity contribution in [3.05, 3.63) is 66.3 Å². The van der Waals surface area contributed by atoms with Gasteiger partial charge in [0.15, 0.2) is 5.96 Å². The Morgan fingerprint density at radius 1 is 0.756 bits per heavy atom. The lowest BCUT2D eigenvalue weighted by molar-refractivity contribution is -0.145. The summed E-state index contributed by atoms with van der Waals surface area (Å²) in [5.41, 5.74) is 24.2. The maximum Gasteiger partial charge on any atom is 0.326 e. The predicted octanol–water partition coefficient (Wildman–Crippen LogP) is -3.06. The van der Waals surface area contributed by atoms with Gasteiger partial charge in [0.2, 0.25) is 59.1 Å². The number of benzene rings is 1. The molecular formula is C60H93N17O13. The highest BCUT2D eigenvalue weighted by Crippen LogP contribution is 2.23. The van der Waals surface area contributed by atoms with E-state index in [9.17, 15) is 63.0 Å². The number of carbonyl (C=O) groups is 11. The predicted molar refractivity (Wildman–Crippen MR) is 330 cm³/mol. The number of amides is 10. The topological polar surface area (TPSA) is 465 Å². The molecule has 0 bridgehead atoms. The number of carbonyl (C=O) groups excluding carboxylic acids is 10. The van der Waals surface area contributed by atoms with Crippen molar-refractivity contribution < 1.29 is 63.0 Å². The molecule has 3 aliphatic rings. The number of unbranched alkanes of at least 4 members (excludes halogenated alkanes) is 2. The molecule has 4 heterocycles. The number of fused-ring (bicyclic) bond motifs is 1. The fourth-order valence-corrected chi connectivity index (χ4v) is 10.9. The number of aliphatic imine (C=N–C) groups is 1. The summed E-state index contributed by atoms with van der Waals surface area (Å²) in [5.74, 6) is -8.92. The van der Waals surface area contributed by atoms with Crippen molar-refractivity contribution in [3.8, 4) is 0 Å². The zero-order chi connectivity index (χ0) is 65.9. The summed E-state index contributed by atoms with van der Waals surface area (Å²) < 4.78 is 1.65. The molecule has 2 saturated heterocycles. The van der Waals surface area contributed by atoms with E-state index in [-0.39, 0.29) is 109 Å². The molecule has 1 aromatic heterocycles. The van der Waals surface area contributed by atoms with Crippen LogP contribution in [0.3, 0.4) is 0 Å². The Bertz CT molecular complexity index is 2830. The number of aliphatic carboxylic acids is 1. The number of likely N-dealkylation sites (tertiary alicyclic amines) is 2. The van der Waals surface area contributed by atoms with Crippen molar-refractivity contribution in [2.24, 2.45) is 33.8 Å². The van der Waals surface area contributed by atoms with Gasteiger partial charge >= 0.3 is 5.97 Å². The van der Waals surface area contributed by atoms with Crippen molar-refractivity contribution in [2.75, 3.05) is 39.3 Å². The third-order valence-corrected chi connectivity index (χ3v) is 15.8. The second-order valence-electron chi connectivity index (χ2n) is 23.4. The number of imidazole rings is 1. The first-order valence-corrected chi connectivity index (χ1v) is 31.1. The smallest absolute Gasteiger partial charge is 0.326 e. The quantitative estimate of drug-likeness (QED) is 0.0183. The first-order valence-electron chi connectivity index (χ1n) is 31.1. The molecule has 0 unspecified atom stereocenters. The van der Waals surface area contributed by atoms with Gasteiger partial charge in [0.25, 0.3) is 0 Å². The SMILES string of the molecule is CCCC[C@H](NC(=O)[C@@H]1CCCN1C(=O)CNC(=O)[C@H](CCCCN)NC(=O)[C@@H]1Cc2cncn2C/C=C/C[C@H](N)C(=O)N[C@@H](CCCN=C(N)N)C(=O)N[C@@H](CC(C)C)C(=O)N[C@@H](CO)C(=O)N1)C(=O)N1CCC[C@H]1C(=O)N[C@@H](Cc1ccccc1)C(=O)O. The third-order valence-electron chi connectivity index (χ3n) is 15.8. The van der Waals surface area contributed by atoms with Crippen LogP contribution in [0.5, 0.6) is 0 Å². The Hall–Kier alpha value is -8.51. The molecule has 10 amide bonds. The van der Waals surface area contributed by atoms with Crippen LogP contribution in [0, 0.1) is 5.92 Å². The van der Waals surface area contributed by atoms with Gasteiger partial charge in [-0.15, -0.1) is 0 Å². The number of aromatic nitrogens is 2. The van der Waals surface area contributed by atoms with Gasteiger partial charge in [0, 0.05) is 50.9 Å². The second kappa shape index (κ2) is 36.8. The summed E-state index contributed by atoms with van der Waals surface area (Å²) in [4.78, 5) is 164. The van der Waals surface area contributed by atoms with E-state index < -0.39 is 139 Å². The van der Waals surface area contributed by atoms with Gasteiger partial charge in [-0.2, -0.15) is 0 Å². The lowest BCUT2D eigenvalue weighted by Crippen LogP contribution is -2.60. The van der Waals surface area contributed by atoms with Crippen LogP contribution < -0.4 is 65.5 Å².